The van der Waals surface area contributed by atoms with E-state index in [9.17, 15) is 4.79 Å². The van der Waals surface area contributed by atoms with Gasteiger partial charge < -0.3 is 4.74 Å². The predicted molar refractivity (Wildman–Crippen MR) is 101 cm³/mol. The SMILES string of the molecule is C#CCOc1ccc(Cl)cc1/C=C1/C(=O)N(c2ccccc2)N=C1C. The molecule has 0 saturated carbocycles. The first-order valence-electron chi connectivity index (χ1n) is 7.63. The Morgan fingerprint density at radius 1 is 1.28 bits per heavy atom. The fraction of sp³-hybridized carbons (Fsp3) is 0.100. The number of anilines is 1. The zero-order valence-electron chi connectivity index (χ0n) is 13.6. The van der Waals surface area contributed by atoms with Gasteiger partial charge in [-0.1, -0.05) is 35.7 Å². The van der Waals surface area contributed by atoms with Crippen LogP contribution in [0.3, 0.4) is 0 Å². The number of hydrogen-bond acceptors (Lipinski definition) is 3. The Balaban J connectivity index is 1.97. The number of carbonyl (C=O) groups is 1. The Hall–Kier alpha value is -3.03. The van der Waals surface area contributed by atoms with Crippen LogP contribution in [0.25, 0.3) is 6.08 Å². The van der Waals surface area contributed by atoms with Crippen molar-refractivity contribution < 1.29 is 9.53 Å². The number of hydrogen-bond donors (Lipinski definition) is 0. The number of carbonyl (C=O) groups excluding carboxylic acids is 1. The highest BCUT2D eigenvalue weighted by Crippen LogP contribution is 2.29. The number of rotatable bonds is 4. The second-order valence-corrected chi connectivity index (χ2v) is 5.81. The van der Waals surface area contributed by atoms with Crippen LogP contribution in [0.5, 0.6) is 5.75 Å². The average molecular weight is 351 g/mol. The van der Waals surface area contributed by atoms with Crippen molar-refractivity contribution in [3.8, 4) is 18.1 Å². The quantitative estimate of drug-likeness (QED) is 0.613. The zero-order valence-corrected chi connectivity index (χ0v) is 14.3. The average Bonchev–Trinajstić information content (AvgIpc) is 2.90. The molecular weight excluding hydrogens is 336 g/mol. The molecule has 1 amide bonds. The fourth-order valence-electron chi connectivity index (χ4n) is 2.47. The summed E-state index contributed by atoms with van der Waals surface area (Å²) in [5.74, 6) is 2.78. The largest absolute Gasteiger partial charge is 0.480 e. The third kappa shape index (κ3) is 3.57. The van der Waals surface area contributed by atoms with E-state index in [0.29, 0.717) is 33.3 Å². The van der Waals surface area contributed by atoms with Crippen LogP contribution >= 0.6 is 11.6 Å². The second-order valence-electron chi connectivity index (χ2n) is 5.37. The third-order valence-corrected chi connectivity index (χ3v) is 3.88. The number of hydrazone groups is 1. The molecule has 0 atom stereocenters. The van der Waals surface area contributed by atoms with Crippen molar-refractivity contribution >= 4 is 35.0 Å². The van der Waals surface area contributed by atoms with Crippen LogP contribution in [0.15, 0.2) is 59.2 Å². The molecule has 0 fully saturated rings. The van der Waals surface area contributed by atoms with Crippen molar-refractivity contribution in [1.82, 2.24) is 0 Å². The lowest BCUT2D eigenvalue weighted by Crippen LogP contribution is -2.21. The molecule has 2 aromatic rings. The summed E-state index contributed by atoms with van der Waals surface area (Å²) in [7, 11) is 0. The van der Waals surface area contributed by atoms with E-state index in [1.807, 2.05) is 30.3 Å². The van der Waals surface area contributed by atoms with E-state index >= 15 is 0 Å². The van der Waals surface area contributed by atoms with Gasteiger partial charge in [-0.2, -0.15) is 10.1 Å². The van der Waals surface area contributed by atoms with Gasteiger partial charge in [0.1, 0.15) is 12.4 Å². The van der Waals surface area contributed by atoms with Gasteiger partial charge in [0.25, 0.3) is 5.91 Å². The summed E-state index contributed by atoms with van der Waals surface area (Å²) in [6.07, 6.45) is 6.97. The molecule has 0 aliphatic carbocycles. The molecule has 0 N–H and O–H groups in total. The number of nitrogens with zero attached hydrogens (tertiary/aromatic N) is 2. The van der Waals surface area contributed by atoms with Gasteiger partial charge in [-0.25, -0.2) is 0 Å². The van der Waals surface area contributed by atoms with E-state index in [2.05, 4.69) is 11.0 Å². The minimum Gasteiger partial charge on any atom is -0.480 e. The summed E-state index contributed by atoms with van der Waals surface area (Å²) in [5.41, 5.74) is 2.49. The number of terminal acetylenes is 1. The van der Waals surface area contributed by atoms with Crippen molar-refractivity contribution in [2.24, 2.45) is 5.10 Å². The van der Waals surface area contributed by atoms with Crippen molar-refractivity contribution in [1.29, 1.82) is 0 Å². The smallest absolute Gasteiger partial charge is 0.280 e. The van der Waals surface area contributed by atoms with Gasteiger partial charge in [0, 0.05) is 10.6 Å². The standard InChI is InChI=1S/C20H15ClN2O2/c1-3-11-25-19-10-9-16(21)12-15(19)13-18-14(2)22-23(20(18)24)17-7-5-4-6-8-17/h1,4-10,12-13H,11H2,2H3/b18-13+. The molecule has 25 heavy (non-hydrogen) atoms. The summed E-state index contributed by atoms with van der Waals surface area (Å²) in [6, 6.07) is 14.4. The van der Waals surface area contributed by atoms with Gasteiger partial charge in [-0.3, -0.25) is 4.79 Å². The molecule has 3 rings (SSSR count). The molecule has 4 nitrogen and oxygen atoms in total. The van der Waals surface area contributed by atoms with Crippen molar-refractivity contribution in [2.75, 3.05) is 11.6 Å². The fourth-order valence-corrected chi connectivity index (χ4v) is 2.65. The molecule has 0 unspecified atom stereocenters. The van der Waals surface area contributed by atoms with Crippen molar-refractivity contribution in [3.63, 3.8) is 0 Å². The van der Waals surface area contributed by atoms with Gasteiger partial charge in [-0.15, -0.1) is 6.42 Å². The molecule has 2 aromatic carbocycles. The maximum atomic E-state index is 12.8. The van der Waals surface area contributed by atoms with E-state index in [-0.39, 0.29) is 12.5 Å². The highest BCUT2D eigenvalue weighted by atomic mass is 35.5. The molecule has 1 aliphatic heterocycles. The number of halogens is 1. The maximum absolute atomic E-state index is 12.8. The summed E-state index contributed by atoms with van der Waals surface area (Å²) >= 11 is 6.08. The van der Waals surface area contributed by atoms with Gasteiger partial charge in [0.2, 0.25) is 0 Å². The minimum absolute atomic E-state index is 0.134. The molecule has 0 bridgehead atoms. The van der Waals surface area contributed by atoms with Crippen LogP contribution in [0.1, 0.15) is 12.5 Å². The van der Waals surface area contributed by atoms with E-state index in [1.54, 1.807) is 31.2 Å². The number of para-hydroxylation sites is 1. The normalized spacial score (nSPS) is 15.2. The summed E-state index contributed by atoms with van der Waals surface area (Å²) in [5, 5.41) is 6.28. The number of benzene rings is 2. The molecule has 0 aromatic heterocycles. The zero-order chi connectivity index (χ0) is 17.8. The number of ether oxygens (including phenoxy) is 1. The molecule has 0 saturated heterocycles. The monoisotopic (exact) mass is 350 g/mol. The van der Waals surface area contributed by atoms with Crippen LogP contribution in [0.2, 0.25) is 5.02 Å². The third-order valence-electron chi connectivity index (χ3n) is 3.65. The van der Waals surface area contributed by atoms with Crippen LogP contribution in [0, 0.1) is 12.3 Å². The Kier molecular flexibility index (Phi) is 4.87. The van der Waals surface area contributed by atoms with E-state index in [0.717, 1.165) is 0 Å². The Morgan fingerprint density at radius 2 is 2.04 bits per heavy atom. The highest BCUT2D eigenvalue weighted by Gasteiger charge is 2.28. The van der Waals surface area contributed by atoms with E-state index in [4.69, 9.17) is 22.8 Å². The first-order valence-corrected chi connectivity index (χ1v) is 8.00. The van der Waals surface area contributed by atoms with Crippen molar-refractivity contribution in [2.45, 2.75) is 6.92 Å². The van der Waals surface area contributed by atoms with Gasteiger partial charge in [0.05, 0.1) is 17.0 Å². The summed E-state index contributed by atoms with van der Waals surface area (Å²) < 4.78 is 5.53. The first kappa shape index (κ1) is 16.8. The highest BCUT2D eigenvalue weighted by molar-refractivity contribution is 6.33. The Morgan fingerprint density at radius 3 is 2.76 bits per heavy atom. The van der Waals surface area contributed by atoms with Crippen LogP contribution in [0.4, 0.5) is 5.69 Å². The molecular formula is C20H15ClN2O2. The molecule has 0 radical (unpaired) electrons. The summed E-state index contributed by atoms with van der Waals surface area (Å²) in [6.45, 7) is 1.92. The van der Waals surface area contributed by atoms with Gasteiger partial charge in [0.15, 0.2) is 0 Å². The molecule has 5 heteroatoms. The Labute approximate surface area is 151 Å². The minimum atomic E-state index is -0.202. The maximum Gasteiger partial charge on any atom is 0.280 e. The van der Waals surface area contributed by atoms with Crippen LogP contribution in [-0.4, -0.2) is 18.2 Å². The molecule has 1 aliphatic rings. The topological polar surface area (TPSA) is 41.9 Å². The predicted octanol–water partition coefficient (Wildman–Crippen LogP) is 4.16. The van der Waals surface area contributed by atoms with Gasteiger partial charge >= 0.3 is 0 Å². The van der Waals surface area contributed by atoms with Crippen LogP contribution in [-0.2, 0) is 4.79 Å². The van der Waals surface area contributed by atoms with E-state index < -0.39 is 0 Å². The van der Waals surface area contributed by atoms with Crippen molar-refractivity contribution in [3.05, 3.63) is 64.7 Å². The second kappa shape index (κ2) is 7.25. The molecule has 124 valence electrons. The lowest BCUT2D eigenvalue weighted by Gasteiger charge is -2.11. The number of amides is 1. The lowest BCUT2D eigenvalue weighted by molar-refractivity contribution is -0.114. The molecule has 0 spiro atoms. The summed E-state index contributed by atoms with van der Waals surface area (Å²) in [4.78, 5) is 12.8. The first-order chi connectivity index (χ1) is 12.1. The van der Waals surface area contributed by atoms with Gasteiger partial charge in [-0.05, 0) is 43.3 Å². The Bertz CT molecular complexity index is 911. The van der Waals surface area contributed by atoms with E-state index in [1.165, 1.54) is 5.01 Å². The van der Waals surface area contributed by atoms with Crippen LogP contribution < -0.4 is 9.75 Å². The lowest BCUT2D eigenvalue weighted by atomic mass is 10.1. The molecule has 1 heterocycles.